The molecule has 10 heavy (non-hydrogen) atoms. The molecule has 0 aliphatic rings. The lowest BCUT2D eigenvalue weighted by Crippen LogP contribution is -2.27. The Hall–Kier alpha value is -0.830. The van der Waals surface area contributed by atoms with Gasteiger partial charge in [0.05, 0.1) is 18.3 Å². The predicted molar refractivity (Wildman–Crippen MR) is 37.5 cm³/mol. The molecule has 0 bridgehead atoms. The summed E-state index contributed by atoms with van der Waals surface area (Å²) < 4.78 is 4.34. The van der Waals surface area contributed by atoms with Crippen LogP contribution in [0.3, 0.4) is 0 Å². The molecule has 0 rings (SSSR count). The Morgan fingerprint density at radius 3 is 2.10 bits per heavy atom. The molecule has 0 saturated heterocycles. The Balaban J connectivity index is 4.24. The number of hydrogen-bond donors (Lipinski definition) is 1. The molecule has 0 heterocycles. The van der Waals surface area contributed by atoms with E-state index >= 15 is 0 Å². The van der Waals surface area contributed by atoms with Crippen molar-refractivity contribution < 1.29 is 14.6 Å². The number of hydrogen-bond acceptors (Lipinski definition) is 3. The first kappa shape index (κ1) is 9.17. The Kier molecular flexibility index (Phi) is 2.60. The number of rotatable bonds is 2. The summed E-state index contributed by atoms with van der Waals surface area (Å²) in [4.78, 5) is 10.7. The number of methoxy groups -OCH3 is 1. The van der Waals surface area contributed by atoms with Crippen LogP contribution in [0.1, 0.15) is 13.8 Å². The highest BCUT2D eigenvalue weighted by Crippen LogP contribution is 2.13. The zero-order valence-corrected chi connectivity index (χ0v) is 6.47. The van der Waals surface area contributed by atoms with Crippen LogP contribution in [0.5, 0.6) is 0 Å². The average Bonchev–Trinajstić information content (AvgIpc) is 1.83. The molecule has 0 amide bonds. The van der Waals surface area contributed by atoms with Crippen molar-refractivity contribution in [3.63, 3.8) is 0 Å². The number of ether oxygens (including phenoxy) is 1. The Labute approximate surface area is 60.3 Å². The molecule has 1 N–H and O–H groups in total. The normalized spacial score (nSPS) is 10.8. The number of esters is 1. The first-order chi connectivity index (χ1) is 4.39. The average molecular weight is 144 g/mol. The maximum absolute atomic E-state index is 10.7. The van der Waals surface area contributed by atoms with Gasteiger partial charge in [-0.1, -0.05) is 6.58 Å². The third-order valence-corrected chi connectivity index (χ3v) is 1.17. The van der Waals surface area contributed by atoms with Crippen molar-refractivity contribution in [2.75, 3.05) is 7.11 Å². The molecular formula is C7H12O3. The van der Waals surface area contributed by atoms with Crippen molar-refractivity contribution in [1.29, 1.82) is 0 Å². The third kappa shape index (κ3) is 2.19. The van der Waals surface area contributed by atoms with Gasteiger partial charge < -0.3 is 9.84 Å². The van der Waals surface area contributed by atoms with Gasteiger partial charge in [0.1, 0.15) is 0 Å². The highest BCUT2D eigenvalue weighted by Gasteiger charge is 2.23. The van der Waals surface area contributed by atoms with E-state index in [0.717, 1.165) is 0 Å². The molecule has 0 fully saturated rings. The van der Waals surface area contributed by atoms with Gasteiger partial charge in [0.25, 0.3) is 0 Å². The van der Waals surface area contributed by atoms with Crippen molar-refractivity contribution in [2.45, 2.75) is 19.4 Å². The summed E-state index contributed by atoms with van der Waals surface area (Å²) in [5, 5.41) is 9.19. The van der Waals surface area contributed by atoms with Crippen LogP contribution >= 0.6 is 0 Å². The van der Waals surface area contributed by atoms with Crippen LogP contribution in [-0.2, 0) is 9.53 Å². The quantitative estimate of drug-likeness (QED) is 0.453. The van der Waals surface area contributed by atoms with E-state index in [0.29, 0.717) is 0 Å². The fraction of sp³-hybridized carbons (Fsp3) is 0.571. The summed E-state index contributed by atoms with van der Waals surface area (Å²) in [6, 6.07) is 0. The Morgan fingerprint density at radius 1 is 1.60 bits per heavy atom. The molecule has 0 aliphatic heterocycles. The topological polar surface area (TPSA) is 46.5 Å². The van der Waals surface area contributed by atoms with Crippen molar-refractivity contribution in [1.82, 2.24) is 0 Å². The van der Waals surface area contributed by atoms with E-state index in [2.05, 4.69) is 11.3 Å². The van der Waals surface area contributed by atoms with E-state index in [9.17, 15) is 9.90 Å². The molecular weight excluding hydrogens is 132 g/mol. The minimum absolute atomic E-state index is 0.0648. The standard InChI is InChI=1S/C7H12O3/c1-5(6(8)10-4)7(2,3)9/h9H,1H2,2-4H3. The smallest absolute Gasteiger partial charge is 0.336 e. The Morgan fingerprint density at radius 2 is 2.00 bits per heavy atom. The van der Waals surface area contributed by atoms with Gasteiger partial charge in [-0.05, 0) is 13.8 Å². The van der Waals surface area contributed by atoms with Crippen LogP contribution < -0.4 is 0 Å². The highest BCUT2D eigenvalue weighted by molar-refractivity contribution is 5.89. The molecule has 58 valence electrons. The minimum Gasteiger partial charge on any atom is -0.466 e. The summed E-state index contributed by atoms with van der Waals surface area (Å²) in [6.45, 7) is 6.33. The van der Waals surface area contributed by atoms with Crippen molar-refractivity contribution in [3.05, 3.63) is 12.2 Å². The lowest BCUT2D eigenvalue weighted by molar-refractivity contribution is -0.138. The molecule has 0 atom stereocenters. The van der Waals surface area contributed by atoms with E-state index in [-0.39, 0.29) is 5.57 Å². The van der Waals surface area contributed by atoms with Gasteiger partial charge in [0, 0.05) is 0 Å². The van der Waals surface area contributed by atoms with Crippen molar-refractivity contribution in [3.8, 4) is 0 Å². The van der Waals surface area contributed by atoms with Crippen molar-refractivity contribution in [2.24, 2.45) is 0 Å². The second-order valence-corrected chi connectivity index (χ2v) is 2.53. The highest BCUT2D eigenvalue weighted by atomic mass is 16.5. The van der Waals surface area contributed by atoms with Gasteiger partial charge in [0.2, 0.25) is 0 Å². The van der Waals surface area contributed by atoms with Crippen LogP contribution in [0, 0.1) is 0 Å². The zero-order valence-electron chi connectivity index (χ0n) is 6.47. The second kappa shape index (κ2) is 2.84. The van der Waals surface area contributed by atoms with Crippen LogP contribution in [0.15, 0.2) is 12.2 Å². The summed E-state index contributed by atoms with van der Waals surface area (Å²) in [6.07, 6.45) is 0. The van der Waals surface area contributed by atoms with E-state index in [4.69, 9.17) is 0 Å². The van der Waals surface area contributed by atoms with E-state index < -0.39 is 11.6 Å². The number of aliphatic hydroxyl groups is 1. The molecule has 3 heteroatoms. The molecule has 0 saturated carbocycles. The minimum atomic E-state index is -1.19. The largest absolute Gasteiger partial charge is 0.466 e. The molecule has 3 nitrogen and oxygen atoms in total. The zero-order chi connectivity index (χ0) is 8.36. The van der Waals surface area contributed by atoms with Crippen LogP contribution in [0.25, 0.3) is 0 Å². The number of carbonyl (C=O) groups is 1. The molecule has 0 aromatic heterocycles. The van der Waals surface area contributed by atoms with Gasteiger partial charge in [-0.2, -0.15) is 0 Å². The monoisotopic (exact) mass is 144 g/mol. The summed E-state index contributed by atoms with van der Waals surface area (Å²) in [5.74, 6) is -0.576. The fourth-order valence-electron chi connectivity index (χ4n) is 0.373. The second-order valence-electron chi connectivity index (χ2n) is 2.53. The maximum Gasteiger partial charge on any atom is 0.336 e. The van der Waals surface area contributed by atoms with Crippen molar-refractivity contribution >= 4 is 5.97 Å². The SMILES string of the molecule is C=C(C(=O)OC)C(C)(C)O. The molecule has 0 aromatic rings. The van der Waals surface area contributed by atoms with E-state index in [1.54, 1.807) is 0 Å². The predicted octanol–water partition coefficient (Wildman–Crippen LogP) is 0.486. The molecule has 0 aromatic carbocycles. The van der Waals surface area contributed by atoms with Gasteiger partial charge in [-0.15, -0.1) is 0 Å². The summed E-state index contributed by atoms with van der Waals surface area (Å²) in [7, 11) is 1.25. The van der Waals surface area contributed by atoms with Crippen LogP contribution in [-0.4, -0.2) is 23.8 Å². The number of carbonyl (C=O) groups excluding carboxylic acids is 1. The van der Waals surface area contributed by atoms with Gasteiger partial charge >= 0.3 is 5.97 Å². The molecule has 0 unspecified atom stereocenters. The van der Waals surface area contributed by atoms with E-state index in [1.165, 1.54) is 21.0 Å². The van der Waals surface area contributed by atoms with Crippen LogP contribution in [0.4, 0.5) is 0 Å². The lowest BCUT2D eigenvalue weighted by Gasteiger charge is -2.17. The third-order valence-electron chi connectivity index (χ3n) is 1.17. The summed E-state index contributed by atoms with van der Waals surface area (Å²) in [5.41, 5.74) is -1.12. The molecule has 0 spiro atoms. The fourth-order valence-corrected chi connectivity index (χ4v) is 0.373. The van der Waals surface area contributed by atoms with Gasteiger partial charge in [0.15, 0.2) is 0 Å². The maximum atomic E-state index is 10.7. The molecule has 0 radical (unpaired) electrons. The van der Waals surface area contributed by atoms with Gasteiger partial charge in [-0.25, -0.2) is 4.79 Å². The van der Waals surface area contributed by atoms with Crippen LogP contribution in [0.2, 0.25) is 0 Å². The molecule has 0 aliphatic carbocycles. The van der Waals surface area contributed by atoms with E-state index in [1.807, 2.05) is 0 Å². The van der Waals surface area contributed by atoms with Gasteiger partial charge in [-0.3, -0.25) is 0 Å². The first-order valence-corrected chi connectivity index (χ1v) is 2.89. The first-order valence-electron chi connectivity index (χ1n) is 2.89. The lowest BCUT2D eigenvalue weighted by atomic mass is 10.0. The summed E-state index contributed by atoms with van der Waals surface area (Å²) >= 11 is 0. The Bertz CT molecular complexity index is 153.